The van der Waals surface area contributed by atoms with Crippen molar-refractivity contribution in [2.24, 2.45) is 23.7 Å². The van der Waals surface area contributed by atoms with Crippen molar-refractivity contribution in [3.8, 4) is 0 Å². The minimum absolute atomic E-state index is 0.227. The Morgan fingerprint density at radius 1 is 1.33 bits per heavy atom. The third-order valence-electron chi connectivity index (χ3n) is 3.58. The molecule has 0 saturated heterocycles. The van der Waals surface area contributed by atoms with Crippen LogP contribution in [0.4, 0.5) is 0 Å². The average Bonchev–Trinajstić information content (AvgIpc) is 2.66. The van der Waals surface area contributed by atoms with Gasteiger partial charge in [-0.1, -0.05) is 34.2 Å². The highest BCUT2D eigenvalue weighted by molar-refractivity contribution is 9.11. The Bertz CT molecular complexity index is 282. The molecule has 0 aromatic rings. The van der Waals surface area contributed by atoms with Crippen LogP contribution in [-0.4, -0.2) is 11.2 Å². The second-order valence-corrected chi connectivity index (χ2v) is 5.02. The quantitative estimate of drug-likeness (QED) is 0.628. The number of aliphatic hydroxyl groups excluding tert-OH is 1. The maximum atomic E-state index is 9.84. The molecule has 0 radical (unpaired) electrons. The van der Waals surface area contributed by atoms with Crippen LogP contribution in [0.3, 0.4) is 0 Å². The van der Waals surface area contributed by atoms with Gasteiger partial charge in [-0.2, -0.15) is 0 Å². The molecule has 1 nitrogen and oxygen atoms in total. The van der Waals surface area contributed by atoms with Gasteiger partial charge in [-0.05, 0) is 24.2 Å². The van der Waals surface area contributed by atoms with Gasteiger partial charge in [0.2, 0.25) is 0 Å². The van der Waals surface area contributed by atoms with Gasteiger partial charge in [0.1, 0.15) is 0 Å². The van der Waals surface area contributed by atoms with Gasteiger partial charge < -0.3 is 5.11 Å². The van der Waals surface area contributed by atoms with E-state index in [1.807, 2.05) is 0 Å². The van der Waals surface area contributed by atoms with Crippen LogP contribution in [0.15, 0.2) is 22.7 Å². The summed E-state index contributed by atoms with van der Waals surface area (Å²) in [6.07, 6.45) is 7.86. The lowest BCUT2D eigenvalue weighted by atomic mass is 9.84. The Morgan fingerprint density at radius 3 is 2.83 bits per heavy atom. The van der Waals surface area contributed by atoms with Crippen molar-refractivity contribution < 1.29 is 5.11 Å². The first-order chi connectivity index (χ1) is 5.77. The molecule has 0 aliphatic heterocycles. The van der Waals surface area contributed by atoms with Crippen molar-refractivity contribution in [1.29, 1.82) is 0 Å². The van der Waals surface area contributed by atoms with E-state index < -0.39 is 0 Å². The Hall–Kier alpha value is -0.0800. The molecule has 0 aromatic carbocycles. The van der Waals surface area contributed by atoms with E-state index in [9.17, 15) is 5.11 Å². The lowest BCUT2D eigenvalue weighted by molar-refractivity contribution is 0.130. The van der Waals surface area contributed by atoms with Gasteiger partial charge in [-0.15, -0.1) is 0 Å². The van der Waals surface area contributed by atoms with Crippen molar-refractivity contribution in [2.45, 2.75) is 12.5 Å². The number of hydrogen-bond donors (Lipinski definition) is 1. The number of halogens is 1. The zero-order valence-electron chi connectivity index (χ0n) is 6.65. The second kappa shape index (κ2) is 2.24. The van der Waals surface area contributed by atoms with Crippen LogP contribution < -0.4 is 0 Å². The molecule has 0 amide bonds. The normalized spacial score (nSPS) is 54.5. The molecule has 2 bridgehead atoms. The third kappa shape index (κ3) is 0.728. The first-order valence-corrected chi connectivity index (χ1v) is 5.30. The zero-order valence-corrected chi connectivity index (χ0v) is 8.24. The van der Waals surface area contributed by atoms with E-state index in [0.717, 1.165) is 4.48 Å². The van der Waals surface area contributed by atoms with Crippen molar-refractivity contribution in [3.63, 3.8) is 0 Å². The number of hydrogen-bond acceptors (Lipinski definition) is 1. The number of rotatable bonds is 0. The fourth-order valence-corrected chi connectivity index (χ4v) is 3.65. The van der Waals surface area contributed by atoms with Crippen molar-refractivity contribution in [2.75, 3.05) is 0 Å². The molecule has 64 valence electrons. The fourth-order valence-electron chi connectivity index (χ4n) is 3.04. The first-order valence-electron chi connectivity index (χ1n) is 4.51. The fraction of sp³-hybridized carbons (Fsp3) is 0.600. The van der Waals surface area contributed by atoms with E-state index in [-0.39, 0.29) is 6.10 Å². The van der Waals surface area contributed by atoms with E-state index in [0.29, 0.717) is 23.7 Å². The summed E-state index contributed by atoms with van der Waals surface area (Å²) < 4.78 is 1.01. The molecule has 0 aromatic heterocycles. The predicted octanol–water partition coefficient (Wildman–Crippen LogP) is 2.08. The molecule has 12 heavy (non-hydrogen) atoms. The van der Waals surface area contributed by atoms with Gasteiger partial charge in [0, 0.05) is 10.4 Å². The van der Waals surface area contributed by atoms with E-state index in [2.05, 4.69) is 34.2 Å². The van der Waals surface area contributed by atoms with E-state index in [4.69, 9.17) is 0 Å². The SMILES string of the molecule is O[C@@H]1C(Br)=C[C@@H]2[C@@H]1[C@H]1C=C[C@H]2C1. The van der Waals surface area contributed by atoms with Crippen LogP contribution in [0.25, 0.3) is 0 Å². The minimum atomic E-state index is -0.227. The molecule has 0 spiro atoms. The summed E-state index contributed by atoms with van der Waals surface area (Å²) in [5.74, 6) is 2.45. The number of allylic oxidation sites excluding steroid dienone is 3. The Morgan fingerprint density at radius 2 is 2.08 bits per heavy atom. The molecule has 0 heterocycles. The molecule has 1 saturated carbocycles. The van der Waals surface area contributed by atoms with Crippen molar-refractivity contribution >= 4 is 15.9 Å². The maximum Gasteiger partial charge on any atom is 0.0891 e. The summed E-state index contributed by atoms with van der Waals surface area (Å²) in [6, 6.07) is 0. The highest BCUT2D eigenvalue weighted by Crippen LogP contribution is 2.55. The summed E-state index contributed by atoms with van der Waals surface area (Å²) in [7, 11) is 0. The van der Waals surface area contributed by atoms with Gasteiger partial charge in [0.05, 0.1) is 6.10 Å². The zero-order chi connectivity index (χ0) is 8.29. The monoisotopic (exact) mass is 226 g/mol. The Balaban J connectivity index is 2.01. The maximum absolute atomic E-state index is 9.84. The molecule has 5 atom stereocenters. The van der Waals surface area contributed by atoms with E-state index in [1.54, 1.807) is 0 Å². The molecule has 0 unspecified atom stereocenters. The molecule has 3 aliphatic rings. The van der Waals surface area contributed by atoms with Crippen molar-refractivity contribution in [3.05, 3.63) is 22.7 Å². The summed E-state index contributed by atoms with van der Waals surface area (Å²) in [6.45, 7) is 0. The second-order valence-electron chi connectivity index (χ2n) is 4.10. The van der Waals surface area contributed by atoms with Crippen LogP contribution in [-0.2, 0) is 0 Å². The molecular formula is C10H11BrO. The van der Waals surface area contributed by atoms with Gasteiger partial charge in [0.25, 0.3) is 0 Å². The summed E-state index contributed by atoms with van der Waals surface area (Å²) in [5.41, 5.74) is 0. The summed E-state index contributed by atoms with van der Waals surface area (Å²) in [4.78, 5) is 0. The minimum Gasteiger partial charge on any atom is -0.388 e. The molecular weight excluding hydrogens is 216 g/mol. The number of aliphatic hydroxyl groups is 1. The molecule has 1 N–H and O–H groups in total. The molecule has 2 heteroatoms. The van der Waals surface area contributed by atoms with Crippen molar-refractivity contribution in [1.82, 2.24) is 0 Å². The Labute approximate surface area is 80.3 Å². The van der Waals surface area contributed by atoms with Gasteiger partial charge >= 0.3 is 0 Å². The summed E-state index contributed by atoms with van der Waals surface area (Å²) in [5, 5.41) is 9.84. The average molecular weight is 227 g/mol. The van der Waals surface area contributed by atoms with E-state index >= 15 is 0 Å². The summed E-state index contributed by atoms with van der Waals surface area (Å²) >= 11 is 3.43. The van der Waals surface area contributed by atoms with Gasteiger partial charge in [-0.3, -0.25) is 0 Å². The lowest BCUT2D eigenvalue weighted by Crippen LogP contribution is -2.24. The van der Waals surface area contributed by atoms with Gasteiger partial charge in [0.15, 0.2) is 0 Å². The van der Waals surface area contributed by atoms with Crippen LogP contribution in [0.5, 0.6) is 0 Å². The van der Waals surface area contributed by atoms with Crippen LogP contribution in [0.2, 0.25) is 0 Å². The molecule has 3 rings (SSSR count). The number of fused-ring (bicyclic) bond motifs is 5. The highest BCUT2D eigenvalue weighted by Gasteiger charge is 2.50. The van der Waals surface area contributed by atoms with Crippen LogP contribution in [0.1, 0.15) is 6.42 Å². The lowest BCUT2D eigenvalue weighted by Gasteiger charge is -2.22. The van der Waals surface area contributed by atoms with E-state index in [1.165, 1.54) is 6.42 Å². The van der Waals surface area contributed by atoms with Crippen LogP contribution in [0, 0.1) is 23.7 Å². The third-order valence-corrected chi connectivity index (χ3v) is 4.32. The van der Waals surface area contributed by atoms with Gasteiger partial charge in [-0.25, -0.2) is 0 Å². The topological polar surface area (TPSA) is 20.2 Å². The Kier molecular flexibility index (Phi) is 1.37. The predicted molar refractivity (Wildman–Crippen MR) is 50.7 cm³/mol. The first kappa shape index (κ1) is 7.34. The molecule has 1 fully saturated rings. The largest absolute Gasteiger partial charge is 0.388 e. The van der Waals surface area contributed by atoms with Crippen LogP contribution >= 0.6 is 15.9 Å². The molecule has 3 aliphatic carbocycles. The smallest absolute Gasteiger partial charge is 0.0891 e. The standard InChI is InChI=1S/C10H11BrO/c11-8-4-7-5-1-2-6(3-5)9(7)10(8)12/h1-2,4-7,9-10,12H,3H2/t5-,6-,7-,9-,10+/m0/s1. The highest BCUT2D eigenvalue weighted by atomic mass is 79.9.